The van der Waals surface area contributed by atoms with Gasteiger partial charge in [-0.25, -0.2) is 9.97 Å². The average molecular weight is 567 g/mol. The van der Waals surface area contributed by atoms with Crippen LogP contribution < -0.4 is 0 Å². The molecule has 0 saturated heterocycles. The van der Waals surface area contributed by atoms with Crippen LogP contribution in [0, 0.1) is 0 Å². The number of allylic oxidation sites excluding steroid dienone is 1. The van der Waals surface area contributed by atoms with Gasteiger partial charge < -0.3 is 0 Å². The first kappa shape index (κ1) is 24.5. The fraction of sp³-hybridized carbons (Fsp3) is 0.0500. The van der Waals surface area contributed by atoms with Gasteiger partial charge in [0, 0.05) is 42.1 Å². The molecule has 0 amide bonds. The second-order valence-electron chi connectivity index (χ2n) is 11.3. The van der Waals surface area contributed by atoms with E-state index < -0.39 is 0 Å². The highest BCUT2D eigenvalue weighted by atomic mass is 32.1. The first-order chi connectivity index (χ1) is 21.3. The van der Waals surface area contributed by atoms with Crippen LogP contribution in [0.5, 0.6) is 0 Å². The predicted octanol–water partition coefficient (Wildman–Crippen LogP) is 11.1. The topological polar surface area (TPSA) is 25.8 Å². The third kappa shape index (κ3) is 4.08. The zero-order chi connectivity index (χ0) is 28.3. The molecule has 0 radical (unpaired) electrons. The molecule has 1 aliphatic carbocycles. The number of fused-ring (bicyclic) bond motifs is 7. The number of aromatic nitrogens is 2. The lowest BCUT2D eigenvalue weighted by molar-refractivity contribution is 0.986. The van der Waals surface area contributed by atoms with Gasteiger partial charge in [0.05, 0.1) is 22.4 Å². The van der Waals surface area contributed by atoms with Crippen molar-refractivity contribution in [3.05, 3.63) is 139 Å². The Kier molecular flexibility index (Phi) is 5.53. The number of thiophene rings is 1. The van der Waals surface area contributed by atoms with Crippen molar-refractivity contribution in [2.75, 3.05) is 0 Å². The second kappa shape index (κ2) is 9.72. The summed E-state index contributed by atoms with van der Waals surface area (Å²) in [6, 6.07) is 43.8. The minimum absolute atomic E-state index is 0.934. The van der Waals surface area contributed by atoms with Crippen LogP contribution in [0.15, 0.2) is 127 Å². The molecule has 1 aliphatic rings. The maximum absolute atomic E-state index is 5.30. The number of pyridine rings is 2. The summed E-state index contributed by atoms with van der Waals surface area (Å²) in [5, 5.41) is 4.81. The fourth-order valence-electron chi connectivity index (χ4n) is 6.52. The van der Waals surface area contributed by atoms with Gasteiger partial charge in [-0.15, -0.1) is 11.3 Å². The summed E-state index contributed by atoms with van der Waals surface area (Å²) >= 11 is 1.85. The molecule has 0 saturated carbocycles. The van der Waals surface area contributed by atoms with Gasteiger partial charge in [0.25, 0.3) is 0 Å². The van der Waals surface area contributed by atoms with Gasteiger partial charge in [0.1, 0.15) is 0 Å². The molecule has 0 unspecified atom stereocenters. The normalized spacial score (nSPS) is 12.8. The van der Waals surface area contributed by atoms with Gasteiger partial charge in [-0.05, 0) is 71.5 Å². The van der Waals surface area contributed by atoms with E-state index in [1.54, 1.807) is 0 Å². The molecule has 0 fully saturated rings. The van der Waals surface area contributed by atoms with Crippen LogP contribution in [0.3, 0.4) is 0 Å². The van der Waals surface area contributed by atoms with Crippen molar-refractivity contribution < 1.29 is 0 Å². The Morgan fingerprint density at radius 2 is 1.23 bits per heavy atom. The van der Waals surface area contributed by atoms with Crippen molar-refractivity contribution in [1.29, 1.82) is 0 Å². The van der Waals surface area contributed by atoms with Crippen LogP contribution in [0.2, 0.25) is 0 Å². The lowest BCUT2D eigenvalue weighted by Crippen LogP contribution is -1.95. The van der Waals surface area contributed by atoms with Gasteiger partial charge in [-0.3, -0.25) is 0 Å². The van der Waals surface area contributed by atoms with Gasteiger partial charge >= 0.3 is 0 Å². The number of aryl methyl sites for hydroxylation is 1. The van der Waals surface area contributed by atoms with E-state index in [1.165, 1.54) is 42.4 Å². The Morgan fingerprint density at radius 1 is 0.535 bits per heavy atom. The lowest BCUT2D eigenvalue weighted by atomic mass is 9.94. The van der Waals surface area contributed by atoms with Crippen molar-refractivity contribution in [2.45, 2.75) is 12.8 Å². The van der Waals surface area contributed by atoms with Gasteiger partial charge in [-0.1, -0.05) is 97.1 Å². The molecule has 0 aliphatic heterocycles. The number of rotatable bonds is 3. The second-order valence-corrected chi connectivity index (χ2v) is 12.4. The molecule has 8 aromatic rings. The maximum Gasteiger partial charge on any atom is 0.0972 e. The number of nitrogens with zero attached hydrogens (tertiary/aromatic N) is 2. The number of benzene rings is 5. The van der Waals surface area contributed by atoms with Crippen molar-refractivity contribution in [3.63, 3.8) is 0 Å². The standard InChI is InChI=1S/C40H26N2S/c1-2-8-28-23-30(16-13-25(28)7-1)35-20-17-26-14-15-27-18-21-36(42-40(27)39(26)41-35)32-10-4-3-9-31(32)29-19-22-38-34(24-29)33-11-5-6-12-37(33)43-38/h2-6,8-24H,1,7H2. The third-order valence-corrected chi connectivity index (χ3v) is 9.88. The molecular formula is C40H26N2S. The Labute approximate surface area is 253 Å². The molecule has 5 aromatic carbocycles. The van der Waals surface area contributed by atoms with E-state index in [9.17, 15) is 0 Å². The molecule has 0 bridgehead atoms. The van der Waals surface area contributed by atoms with Gasteiger partial charge in [-0.2, -0.15) is 0 Å². The molecule has 43 heavy (non-hydrogen) atoms. The highest BCUT2D eigenvalue weighted by molar-refractivity contribution is 7.25. The quantitative estimate of drug-likeness (QED) is 0.199. The molecule has 0 N–H and O–H groups in total. The number of hydrogen-bond donors (Lipinski definition) is 0. The van der Waals surface area contributed by atoms with E-state index in [4.69, 9.17) is 9.97 Å². The van der Waals surface area contributed by atoms with Crippen LogP contribution in [-0.2, 0) is 6.42 Å². The Hall–Kier alpha value is -5.12. The highest BCUT2D eigenvalue weighted by Crippen LogP contribution is 2.39. The summed E-state index contributed by atoms with van der Waals surface area (Å²) in [5.74, 6) is 0. The van der Waals surface area contributed by atoms with Crippen molar-refractivity contribution >= 4 is 59.4 Å². The van der Waals surface area contributed by atoms with Crippen LogP contribution in [-0.4, -0.2) is 9.97 Å². The Bertz CT molecular complexity index is 2410. The van der Waals surface area contributed by atoms with Crippen LogP contribution >= 0.6 is 11.3 Å². The first-order valence-electron chi connectivity index (χ1n) is 14.8. The highest BCUT2D eigenvalue weighted by Gasteiger charge is 2.14. The smallest absolute Gasteiger partial charge is 0.0972 e. The molecular weight excluding hydrogens is 541 g/mol. The molecule has 0 spiro atoms. The average Bonchev–Trinajstić information content (AvgIpc) is 3.45. The van der Waals surface area contributed by atoms with Crippen molar-refractivity contribution in [1.82, 2.24) is 9.97 Å². The summed E-state index contributed by atoms with van der Waals surface area (Å²) in [6.45, 7) is 0. The van der Waals surface area contributed by atoms with E-state index >= 15 is 0 Å². The zero-order valence-electron chi connectivity index (χ0n) is 23.4. The maximum atomic E-state index is 5.30. The minimum Gasteiger partial charge on any atom is -0.245 e. The van der Waals surface area contributed by atoms with E-state index in [-0.39, 0.29) is 0 Å². The van der Waals surface area contributed by atoms with Gasteiger partial charge in [0.15, 0.2) is 0 Å². The summed E-state index contributed by atoms with van der Waals surface area (Å²) in [4.78, 5) is 10.5. The van der Waals surface area contributed by atoms with Gasteiger partial charge in [0.2, 0.25) is 0 Å². The van der Waals surface area contributed by atoms with Crippen LogP contribution in [0.25, 0.3) is 81.7 Å². The zero-order valence-corrected chi connectivity index (χ0v) is 24.2. The van der Waals surface area contributed by atoms with Crippen LogP contribution in [0.4, 0.5) is 0 Å². The van der Waals surface area contributed by atoms with Crippen molar-refractivity contribution in [2.24, 2.45) is 0 Å². The fourth-order valence-corrected chi connectivity index (χ4v) is 7.60. The van der Waals surface area contributed by atoms with Crippen molar-refractivity contribution in [3.8, 4) is 33.6 Å². The predicted molar refractivity (Wildman–Crippen MR) is 184 cm³/mol. The minimum atomic E-state index is 0.934. The lowest BCUT2D eigenvalue weighted by Gasteiger charge is -2.13. The third-order valence-electron chi connectivity index (χ3n) is 8.73. The van der Waals surface area contributed by atoms with E-state index in [2.05, 4.69) is 133 Å². The molecule has 0 atom stereocenters. The molecule has 3 heteroatoms. The summed E-state index contributed by atoms with van der Waals surface area (Å²) in [6.07, 6.45) is 6.72. The summed E-state index contributed by atoms with van der Waals surface area (Å²) in [7, 11) is 0. The monoisotopic (exact) mass is 566 g/mol. The van der Waals surface area contributed by atoms with E-state index in [0.717, 1.165) is 57.2 Å². The number of hydrogen-bond acceptors (Lipinski definition) is 3. The molecule has 3 heterocycles. The molecule has 2 nitrogen and oxygen atoms in total. The molecule has 3 aromatic heterocycles. The Morgan fingerprint density at radius 3 is 2.12 bits per heavy atom. The van der Waals surface area contributed by atoms with E-state index in [1.807, 2.05) is 11.3 Å². The van der Waals surface area contributed by atoms with E-state index in [0.29, 0.717) is 0 Å². The molecule has 9 rings (SSSR count). The largest absolute Gasteiger partial charge is 0.245 e. The summed E-state index contributed by atoms with van der Waals surface area (Å²) in [5.41, 5.74) is 11.2. The first-order valence-corrected chi connectivity index (χ1v) is 15.6. The SMILES string of the molecule is C1=Cc2cc(-c3ccc4ccc5ccc(-c6ccccc6-c6ccc7sc8ccccc8c7c6)nc5c4n3)ccc2CC1. The summed E-state index contributed by atoms with van der Waals surface area (Å²) < 4.78 is 2.64. The Balaban J connectivity index is 1.19. The molecule has 202 valence electrons. The van der Waals surface area contributed by atoms with Crippen LogP contribution in [0.1, 0.15) is 17.5 Å².